The van der Waals surface area contributed by atoms with E-state index in [1.165, 1.54) is 16.7 Å². The number of nitrogens with zero attached hydrogens (tertiary/aromatic N) is 1. The van der Waals surface area contributed by atoms with E-state index in [1.54, 1.807) is 30.3 Å². The van der Waals surface area contributed by atoms with Crippen molar-refractivity contribution in [3.05, 3.63) is 51.0 Å². The number of rotatable bonds is 4. The summed E-state index contributed by atoms with van der Waals surface area (Å²) in [4.78, 5) is 13.3. The molecule has 4 nitrogen and oxygen atoms in total. The monoisotopic (exact) mass is 429 g/mol. The summed E-state index contributed by atoms with van der Waals surface area (Å²) in [5, 5.41) is 9.79. The lowest BCUT2D eigenvalue weighted by molar-refractivity contribution is -0.136. The lowest BCUT2D eigenvalue weighted by Crippen LogP contribution is -2.32. The van der Waals surface area contributed by atoms with Gasteiger partial charge in [-0.2, -0.15) is 0 Å². The zero-order valence-electron chi connectivity index (χ0n) is 12.4. The van der Waals surface area contributed by atoms with E-state index in [-0.39, 0.29) is 6.54 Å². The van der Waals surface area contributed by atoms with E-state index >= 15 is 0 Å². The summed E-state index contributed by atoms with van der Waals surface area (Å²) >= 11 is 23.9. The van der Waals surface area contributed by atoms with Crippen LogP contribution in [0.3, 0.4) is 0 Å². The number of carbonyl (C=O) groups is 1. The Balaban J connectivity index is 1.87. The Kier molecular flexibility index (Phi) is 5.50. The molecule has 25 heavy (non-hydrogen) atoms. The first-order valence-corrected chi connectivity index (χ1v) is 9.27. The molecule has 0 aliphatic carbocycles. The van der Waals surface area contributed by atoms with Crippen LogP contribution in [0.1, 0.15) is 5.76 Å². The molecule has 0 amide bonds. The fourth-order valence-corrected chi connectivity index (χ4v) is 4.27. The van der Waals surface area contributed by atoms with Crippen molar-refractivity contribution in [2.24, 2.45) is 0 Å². The van der Waals surface area contributed by atoms with Crippen LogP contribution in [0.4, 0.5) is 0 Å². The van der Waals surface area contributed by atoms with E-state index in [2.05, 4.69) is 0 Å². The molecule has 1 saturated heterocycles. The van der Waals surface area contributed by atoms with Crippen LogP contribution in [-0.4, -0.2) is 31.8 Å². The van der Waals surface area contributed by atoms with Crippen LogP contribution in [0, 0.1) is 0 Å². The first-order valence-electron chi connectivity index (χ1n) is 6.88. The lowest BCUT2D eigenvalue weighted by atomic mass is 10.2. The van der Waals surface area contributed by atoms with Crippen molar-refractivity contribution in [3.63, 3.8) is 0 Å². The number of benzene rings is 1. The number of hydrogen-bond donors (Lipinski definition) is 1. The van der Waals surface area contributed by atoms with Crippen molar-refractivity contribution in [1.29, 1.82) is 0 Å². The first-order chi connectivity index (χ1) is 11.9. The first kappa shape index (κ1) is 18.4. The summed E-state index contributed by atoms with van der Waals surface area (Å²) in [6.07, 6.45) is 1.73. The number of thioether (sulfide) groups is 1. The molecule has 1 aromatic carbocycles. The van der Waals surface area contributed by atoms with Crippen molar-refractivity contribution < 1.29 is 14.3 Å². The third-order valence-electron chi connectivity index (χ3n) is 3.28. The van der Waals surface area contributed by atoms with Gasteiger partial charge in [0.1, 0.15) is 27.4 Å². The molecular formula is C16H9Cl2NO3S3. The van der Waals surface area contributed by atoms with Gasteiger partial charge in [-0.3, -0.25) is 4.79 Å². The zero-order chi connectivity index (χ0) is 18.1. The molecule has 0 bridgehead atoms. The minimum Gasteiger partial charge on any atom is -0.480 e. The van der Waals surface area contributed by atoms with Crippen molar-refractivity contribution in [2.75, 3.05) is 6.54 Å². The van der Waals surface area contributed by atoms with Crippen molar-refractivity contribution >= 4 is 80.8 Å². The predicted molar refractivity (Wildman–Crippen MR) is 109 cm³/mol. The fraction of sp³-hybridized carbons (Fsp3) is 0.0625. The largest absolute Gasteiger partial charge is 0.480 e. The Morgan fingerprint density at radius 2 is 2.04 bits per heavy atom. The van der Waals surface area contributed by atoms with Crippen LogP contribution in [0.5, 0.6) is 0 Å². The summed E-state index contributed by atoms with van der Waals surface area (Å²) in [5.74, 6) is 0.122. The molecule has 0 spiro atoms. The molecule has 3 rings (SSSR count). The molecule has 2 heterocycles. The van der Waals surface area contributed by atoms with Gasteiger partial charge in [0, 0.05) is 5.56 Å². The number of hydrogen-bond acceptors (Lipinski definition) is 5. The smallest absolute Gasteiger partial charge is 0.323 e. The summed E-state index contributed by atoms with van der Waals surface area (Å²) in [5.41, 5.74) is 0.684. The molecule has 1 N–H and O–H groups in total. The van der Waals surface area contributed by atoms with Gasteiger partial charge in [0.25, 0.3) is 0 Å². The van der Waals surface area contributed by atoms with Gasteiger partial charge in [0.2, 0.25) is 0 Å². The molecule has 9 heteroatoms. The van der Waals surface area contributed by atoms with Gasteiger partial charge in [0.05, 0.1) is 15.0 Å². The highest BCUT2D eigenvalue weighted by Crippen LogP contribution is 2.37. The number of carboxylic acid groups (broad SMARTS) is 1. The highest BCUT2D eigenvalue weighted by molar-refractivity contribution is 8.27. The van der Waals surface area contributed by atoms with Crippen LogP contribution in [0.25, 0.3) is 17.4 Å². The van der Waals surface area contributed by atoms with Gasteiger partial charge in [-0.1, -0.05) is 65.5 Å². The van der Waals surface area contributed by atoms with Crippen molar-refractivity contribution in [3.8, 4) is 11.3 Å². The Morgan fingerprint density at radius 3 is 2.76 bits per heavy atom. The average Bonchev–Trinajstić information content (AvgIpc) is 3.11. The topological polar surface area (TPSA) is 53.7 Å². The summed E-state index contributed by atoms with van der Waals surface area (Å²) in [6, 6.07) is 8.84. The highest BCUT2D eigenvalue weighted by atomic mass is 35.5. The third-order valence-corrected chi connectivity index (χ3v) is 6.07. The molecule has 1 fully saturated rings. The summed E-state index contributed by atoms with van der Waals surface area (Å²) in [6.45, 7) is -0.260. The molecular weight excluding hydrogens is 421 g/mol. The maximum atomic E-state index is 10.9. The number of furan rings is 1. The molecule has 0 radical (unpaired) electrons. The molecule has 128 valence electrons. The molecule has 2 aromatic rings. The number of aliphatic carboxylic acids is 1. The summed E-state index contributed by atoms with van der Waals surface area (Å²) < 4.78 is 6.20. The second-order valence-electron chi connectivity index (χ2n) is 4.96. The molecule has 0 atom stereocenters. The maximum absolute atomic E-state index is 10.9. The van der Waals surface area contributed by atoms with Gasteiger partial charge in [-0.25, -0.2) is 0 Å². The Labute approximate surface area is 168 Å². The van der Waals surface area contributed by atoms with E-state index in [1.807, 2.05) is 6.07 Å². The third kappa shape index (κ3) is 3.91. The van der Waals surface area contributed by atoms with E-state index < -0.39 is 5.97 Å². The highest BCUT2D eigenvalue weighted by Gasteiger charge is 2.30. The molecule has 1 aliphatic heterocycles. The van der Waals surface area contributed by atoms with Gasteiger partial charge in [-0.15, -0.1) is 0 Å². The van der Waals surface area contributed by atoms with Gasteiger partial charge >= 0.3 is 5.97 Å². The average molecular weight is 430 g/mol. The molecule has 0 unspecified atom stereocenters. The molecule has 1 aliphatic rings. The van der Waals surface area contributed by atoms with E-state index in [4.69, 9.17) is 57.2 Å². The van der Waals surface area contributed by atoms with Crippen LogP contribution < -0.4 is 0 Å². The standard InChI is InChI=1S/C16H9Cl2NO3S3/c17-10-3-1-2-9(14(10)18)11-5-4-8(22-11)6-12-15(23)19(7-13(20)21)16(24)25-12/h1-6H,7H2,(H,20,21). The SMILES string of the molecule is O=C(O)CN1C(=S)SC(=Cc2ccc(-c3cccc(Cl)c3Cl)o2)C1=S. The predicted octanol–water partition coefficient (Wildman–Crippen LogP) is 5.34. The Hall–Kier alpha value is -1.38. The summed E-state index contributed by atoms with van der Waals surface area (Å²) in [7, 11) is 0. The minimum absolute atomic E-state index is 0.260. The second kappa shape index (κ2) is 7.47. The molecule has 1 aromatic heterocycles. The van der Waals surface area contributed by atoms with Gasteiger partial charge < -0.3 is 14.4 Å². The van der Waals surface area contributed by atoms with Crippen molar-refractivity contribution in [1.82, 2.24) is 4.90 Å². The minimum atomic E-state index is -0.998. The Morgan fingerprint density at radius 1 is 1.28 bits per heavy atom. The number of carboxylic acids is 1. The fourth-order valence-electron chi connectivity index (χ4n) is 2.17. The number of thiocarbonyl (C=S) groups is 2. The van der Waals surface area contributed by atoms with Crippen LogP contribution in [0.15, 0.2) is 39.7 Å². The second-order valence-corrected chi connectivity index (χ2v) is 7.81. The van der Waals surface area contributed by atoms with Gasteiger partial charge in [-0.05, 0) is 30.3 Å². The lowest BCUT2D eigenvalue weighted by Gasteiger charge is -2.12. The van der Waals surface area contributed by atoms with Gasteiger partial charge in [0.15, 0.2) is 0 Å². The van der Waals surface area contributed by atoms with Crippen LogP contribution in [0.2, 0.25) is 10.0 Å². The normalized spacial score (nSPS) is 16.1. The van der Waals surface area contributed by atoms with E-state index in [0.29, 0.717) is 41.3 Å². The zero-order valence-corrected chi connectivity index (χ0v) is 16.3. The van der Waals surface area contributed by atoms with E-state index in [9.17, 15) is 4.79 Å². The number of halogens is 2. The maximum Gasteiger partial charge on any atom is 0.323 e. The van der Waals surface area contributed by atoms with Crippen LogP contribution >= 0.6 is 59.4 Å². The quantitative estimate of drug-likeness (QED) is 0.519. The van der Waals surface area contributed by atoms with E-state index in [0.717, 1.165) is 0 Å². The van der Waals surface area contributed by atoms with Crippen molar-refractivity contribution in [2.45, 2.75) is 0 Å². The molecule has 0 saturated carbocycles. The van der Waals surface area contributed by atoms with Crippen LogP contribution in [-0.2, 0) is 4.79 Å². The Bertz CT molecular complexity index is 923.